The maximum atomic E-state index is 12.5. The van der Waals surface area contributed by atoms with E-state index < -0.39 is 6.04 Å². The fourth-order valence-corrected chi connectivity index (χ4v) is 3.57. The number of likely N-dealkylation sites (tertiary alicyclic amines) is 1. The molecule has 1 aromatic rings. The highest BCUT2D eigenvalue weighted by molar-refractivity contribution is 5.87. The first kappa shape index (κ1) is 23.2. The van der Waals surface area contributed by atoms with Gasteiger partial charge in [-0.25, -0.2) is 4.79 Å². The molecule has 0 spiro atoms. The van der Waals surface area contributed by atoms with Crippen molar-refractivity contribution in [3.63, 3.8) is 0 Å². The second-order valence-electron chi connectivity index (χ2n) is 8.56. The van der Waals surface area contributed by atoms with Gasteiger partial charge in [0, 0.05) is 13.1 Å². The van der Waals surface area contributed by atoms with Gasteiger partial charge in [0.1, 0.15) is 6.04 Å². The summed E-state index contributed by atoms with van der Waals surface area (Å²) in [7, 11) is 0. The van der Waals surface area contributed by atoms with Crippen LogP contribution in [0.2, 0.25) is 0 Å². The van der Waals surface area contributed by atoms with E-state index in [0.717, 1.165) is 30.9 Å². The third-order valence-corrected chi connectivity index (χ3v) is 5.61. The van der Waals surface area contributed by atoms with Crippen LogP contribution in [0.3, 0.4) is 0 Å². The number of nitrogens with one attached hydrogen (secondary N) is 3. The molecule has 1 aliphatic rings. The number of amides is 3. The molecule has 0 aromatic heterocycles. The highest BCUT2D eigenvalue weighted by Crippen LogP contribution is 2.16. The van der Waals surface area contributed by atoms with Crippen LogP contribution >= 0.6 is 0 Å². The third kappa shape index (κ3) is 8.86. The van der Waals surface area contributed by atoms with Gasteiger partial charge < -0.3 is 20.9 Å². The SMILES string of the molecule is CC1CCN(CCCCNC(=O)C(NC(=O)NCc2ccccc2)C(C)C)CC1. The number of urea groups is 1. The average molecular weight is 403 g/mol. The van der Waals surface area contributed by atoms with Crippen molar-refractivity contribution < 1.29 is 9.59 Å². The standard InChI is InChI=1S/C23H38N4O2/c1-18(2)21(26-23(29)25-17-20-9-5-4-6-10-20)22(28)24-13-7-8-14-27-15-11-19(3)12-16-27/h4-6,9-10,18-19,21H,7-8,11-17H2,1-3H3,(H,24,28)(H2,25,26,29). The van der Waals surface area contributed by atoms with E-state index in [-0.39, 0.29) is 17.9 Å². The molecule has 0 aliphatic carbocycles. The molecule has 3 amide bonds. The van der Waals surface area contributed by atoms with Gasteiger partial charge in [0.15, 0.2) is 0 Å². The van der Waals surface area contributed by atoms with Crippen molar-refractivity contribution in [2.24, 2.45) is 11.8 Å². The highest BCUT2D eigenvalue weighted by atomic mass is 16.2. The first-order valence-electron chi connectivity index (χ1n) is 11.0. The minimum Gasteiger partial charge on any atom is -0.354 e. The van der Waals surface area contributed by atoms with E-state index in [1.54, 1.807) is 0 Å². The van der Waals surface area contributed by atoms with Crippen molar-refractivity contribution in [2.45, 2.75) is 59.0 Å². The van der Waals surface area contributed by atoms with Crippen LogP contribution in [0, 0.1) is 11.8 Å². The van der Waals surface area contributed by atoms with Crippen molar-refractivity contribution in [2.75, 3.05) is 26.2 Å². The smallest absolute Gasteiger partial charge is 0.315 e. The summed E-state index contributed by atoms with van der Waals surface area (Å²) < 4.78 is 0. The number of hydrogen-bond acceptors (Lipinski definition) is 3. The third-order valence-electron chi connectivity index (χ3n) is 5.61. The fraction of sp³-hybridized carbons (Fsp3) is 0.652. The van der Waals surface area contributed by atoms with Gasteiger partial charge >= 0.3 is 6.03 Å². The summed E-state index contributed by atoms with van der Waals surface area (Å²) in [6, 6.07) is 8.87. The molecule has 1 heterocycles. The zero-order valence-electron chi connectivity index (χ0n) is 18.2. The molecule has 0 saturated carbocycles. The number of unbranched alkanes of at least 4 members (excludes halogenated alkanes) is 1. The van der Waals surface area contributed by atoms with Gasteiger partial charge in [-0.1, -0.05) is 51.1 Å². The minimum absolute atomic E-state index is 0.0211. The molecule has 1 aliphatic heterocycles. The number of benzene rings is 1. The van der Waals surface area contributed by atoms with Gasteiger partial charge in [0.2, 0.25) is 5.91 Å². The van der Waals surface area contributed by atoms with Crippen LogP contribution in [0.1, 0.15) is 52.0 Å². The van der Waals surface area contributed by atoms with Crippen LogP contribution in [0.15, 0.2) is 30.3 Å². The number of carbonyl (C=O) groups is 2. The van der Waals surface area contributed by atoms with Crippen molar-refractivity contribution in [1.82, 2.24) is 20.9 Å². The molecule has 162 valence electrons. The first-order valence-corrected chi connectivity index (χ1v) is 11.0. The van der Waals surface area contributed by atoms with Gasteiger partial charge in [-0.15, -0.1) is 0 Å². The number of rotatable bonds is 10. The Bertz CT molecular complexity index is 613. The molecule has 0 radical (unpaired) electrons. The van der Waals surface area contributed by atoms with E-state index in [1.807, 2.05) is 44.2 Å². The number of nitrogens with zero attached hydrogens (tertiary/aromatic N) is 1. The van der Waals surface area contributed by atoms with Gasteiger partial charge in [-0.2, -0.15) is 0 Å². The second kappa shape index (κ2) is 12.5. The summed E-state index contributed by atoms with van der Waals surface area (Å²) >= 11 is 0. The van der Waals surface area contributed by atoms with Gasteiger partial charge in [0.25, 0.3) is 0 Å². The van der Waals surface area contributed by atoms with E-state index >= 15 is 0 Å². The average Bonchev–Trinajstić information content (AvgIpc) is 2.72. The Labute approximate surface area is 175 Å². The molecule has 1 saturated heterocycles. The van der Waals surface area contributed by atoms with Crippen molar-refractivity contribution in [3.8, 4) is 0 Å². The largest absolute Gasteiger partial charge is 0.354 e. The molecular formula is C23H38N4O2. The minimum atomic E-state index is -0.533. The molecule has 1 fully saturated rings. The molecule has 6 heteroatoms. The lowest BCUT2D eigenvalue weighted by Crippen LogP contribution is -2.52. The molecule has 1 aromatic carbocycles. The Balaban J connectivity index is 1.64. The monoisotopic (exact) mass is 402 g/mol. The first-order chi connectivity index (χ1) is 14.0. The molecule has 1 unspecified atom stereocenters. The summed E-state index contributed by atoms with van der Waals surface area (Å²) in [4.78, 5) is 27.3. The van der Waals surface area contributed by atoms with Crippen LogP contribution in [0.4, 0.5) is 4.79 Å². The van der Waals surface area contributed by atoms with Crippen LogP contribution in [-0.2, 0) is 11.3 Å². The Morgan fingerprint density at radius 2 is 1.76 bits per heavy atom. The summed E-state index contributed by atoms with van der Waals surface area (Å²) in [6.07, 6.45) is 4.64. The summed E-state index contributed by atoms with van der Waals surface area (Å²) in [5.41, 5.74) is 1.02. The Hall–Kier alpha value is -2.08. The predicted octanol–water partition coefficient (Wildman–Crippen LogP) is 3.14. The van der Waals surface area contributed by atoms with Gasteiger partial charge in [-0.3, -0.25) is 4.79 Å². The van der Waals surface area contributed by atoms with Crippen molar-refractivity contribution in [1.29, 1.82) is 0 Å². The van der Waals surface area contributed by atoms with Crippen LogP contribution in [-0.4, -0.2) is 49.1 Å². The molecule has 3 N–H and O–H groups in total. The Morgan fingerprint density at radius 3 is 2.41 bits per heavy atom. The molecule has 1 atom stereocenters. The van der Waals surface area contributed by atoms with Crippen LogP contribution in [0.5, 0.6) is 0 Å². The predicted molar refractivity (Wildman–Crippen MR) is 118 cm³/mol. The second-order valence-corrected chi connectivity index (χ2v) is 8.56. The number of piperidine rings is 1. The maximum absolute atomic E-state index is 12.5. The summed E-state index contributed by atoms with van der Waals surface area (Å²) in [5, 5.41) is 8.62. The lowest BCUT2D eigenvalue weighted by Gasteiger charge is -2.30. The maximum Gasteiger partial charge on any atom is 0.315 e. The number of carbonyl (C=O) groups excluding carboxylic acids is 2. The zero-order chi connectivity index (χ0) is 21.1. The summed E-state index contributed by atoms with van der Waals surface area (Å²) in [6.45, 7) is 10.8. The van der Waals surface area contributed by atoms with Gasteiger partial charge in [0.05, 0.1) is 0 Å². The fourth-order valence-electron chi connectivity index (χ4n) is 3.57. The molecule has 29 heavy (non-hydrogen) atoms. The zero-order valence-corrected chi connectivity index (χ0v) is 18.2. The molecule has 0 bridgehead atoms. The van der Waals surface area contributed by atoms with Crippen LogP contribution in [0.25, 0.3) is 0 Å². The van der Waals surface area contributed by atoms with Crippen molar-refractivity contribution in [3.05, 3.63) is 35.9 Å². The molecule has 2 rings (SSSR count). The Kier molecular flexibility index (Phi) is 9.98. The Morgan fingerprint density at radius 1 is 1.07 bits per heavy atom. The molecular weight excluding hydrogens is 364 g/mol. The van der Waals surface area contributed by atoms with Gasteiger partial charge in [-0.05, 0) is 62.7 Å². The van der Waals surface area contributed by atoms with Crippen LogP contribution < -0.4 is 16.0 Å². The van der Waals surface area contributed by atoms with E-state index in [9.17, 15) is 9.59 Å². The van der Waals surface area contributed by atoms with Crippen molar-refractivity contribution >= 4 is 11.9 Å². The quantitative estimate of drug-likeness (QED) is 0.527. The van der Waals surface area contributed by atoms with E-state index in [0.29, 0.717) is 13.1 Å². The van der Waals surface area contributed by atoms with E-state index in [2.05, 4.69) is 27.8 Å². The number of hydrogen-bond donors (Lipinski definition) is 3. The molecule has 6 nitrogen and oxygen atoms in total. The highest BCUT2D eigenvalue weighted by Gasteiger charge is 2.23. The van der Waals surface area contributed by atoms with E-state index in [4.69, 9.17) is 0 Å². The normalized spacial score (nSPS) is 16.4. The lowest BCUT2D eigenvalue weighted by molar-refractivity contribution is -0.123. The topological polar surface area (TPSA) is 73.5 Å². The lowest BCUT2D eigenvalue weighted by atomic mass is 9.99. The summed E-state index contributed by atoms with van der Waals surface area (Å²) in [5.74, 6) is 0.769. The van der Waals surface area contributed by atoms with E-state index in [1.165, 1.54) is 25.9 Å².